The van der Waals surface area contributed by atoms with Gasteiger partial charge in [0.15, 0.2) is 5.58 Å². The van der Waals surface area contributed by atoms with Crippen LogP contribution in [0.3, 0.4) is 0 Å². The number of para-hydroxylation sites is 1. The molecule has 0 spiro atoms. The lowest BCUT2D eigenvalue weighted by molar-refractivity contribution is 0.666. The molecule has 0 aliphatic heterocycles. The molecule has 11 aromatic rings. The molecule has 0 saturated carbocycles. The molecule has 0 atom stereocenters. The number of nitrogens with zero attached hydrogens (tertiary/aromatic N) is 3. The first-order valence-electron chi connectivity index (χ1n) is 16.3. The summed E-state index contributed by atoms with van der Waals surface area (Å²) in [5.41, 5.74) is 6.23. The van der Waals surface area contributed by atoms with Gasteiger partial charge in [-0.15, -0.1) is 0 Å². The first-order chi connectivity index (χ1) is 23.8. The molecule has 4 nitrogen and oxygen atoms in total. The van der Waals surface area contributed by atoms with Gasteiger partial charge in [-0.05, 0) is 62.0 Å². The van der Waals surface area contributed by atoms with Gasteiger partial charge >= 0.3 is 0 Å². The number of furan rings is 1. The molecule has 0 aliphatic rings. The molecule has 4 heteroatoms. The van der Waals surface area contributed by atoms with Crippen molar-refractivity contribution in [3.8, 4) is 17.2 Å². The van der Waals surface area contributed by atoms with Crippen LogP contribution in [0.2, 0.25) is 0 Å². The molecule has 0 saturated heterocycles. The molecule has 0 bridgehead atoms. The number of fused-ring (bicyclic) bond motifs is 14. The van der Waals surface area contributed by atoms with Crippen molar-refractivity contribution in [1.29, 1.82) is 0 Å². The van der Waals surface area contributed by atoms with Crippen molar-refractivity contribution < 1.29 is 4.42 Å². The predicted octanol–water partition coefficient (Wildman–Crippen LogP) is 11.8. The van der Waals surface area contributed by atoms with Crippen molar-refractivity contribution >= 4 is 87.0 Å². The van der Waals surface area contributed by atoms with E-state index in [1.54, 1.807) is 0 Å². The summed E-state index contributed by atoms with van der Waals surface area (Å²) in [6.07, 6.45) is 0. The van der Waals surface area contributed by atoms with Crippen LogP contribution in [0.15, 0.2) is 156 Å². The van der Waals surface area contributed by atoms with Gasteiger partial charge in [-0.1, -0.05) is 127 Å². The largest absolute Gasteiger partial charge is 0.452 e. The van der Waals surface area contributed by atoms with Crippen molar-refractivity contribution in [2.24, 2.45) is 0 Å². The molecule has 0 N–H and O–H groups in total. The van der Waals surface area contributed by atoms with E-state index >= 15 is 0 Å². The SMILES string of the molecule is c1ccc(-c2nc(-n3c4cc5c6ccccc6c6ccccc6c5cc4c4ccc5ccccc5c43)nc3c2oc2ccccc23)cc1. The lowest BCUT2D eigenvalue weighted by Gasteiger charge is -2.13. The number of benzene rings is 8. The minimum absolute atomic E-state index is 0.619. The van der Waals surface area contributed by atoms with Gasteiger partial charge in [-0.2, -0.15) is 0 Å². The monoisotopic (exact) mass is 611 g/mol. The third kappa shape index (κ3) is 3.43. The van der Waals surface area contributed by atoms with E-state index in [0.29, 0.717) is 11.5 Å². The average molecular weight is 612 g/mol. The second kappa shape index (κ2) is 9.50. The Kier molecular flexibility index (Phi) is 5.08. The minimum Gasteiger partial charge on any atom is -0.452 e. The average Bonchev–Trinajstić information content (AvgIpc) is 3.70. The second-order valence-electron chi connectivity index (χ2n) is 12.5. The normalized spacial score (nSPS) is 12.2. The zero-order valence-corrected chi connectivity index (χ0v) is 25.7. The van der Waals surface area contributed by atoms with Crippen LogP contribution in [0.1, 0.15) is 0 Å². The smallest absolute Gasteiger partial charge is 0.236 e. The van der Waals surface area contributed by atoms with E-state index in [9.17, 15) is 0 Å². The number of hydrogen-bond acceptors (Lipinski definition) is 3. The first-order valence-corrected chi connectivity index (χ1v) is 16.3. The van der Waals surface area contributed by atoms with Crippen molar-refractivity contribution in [3.63, 3.8) is 0 Å². The van der Waals surface area contributed by atoms with Crippen LogP contribution in [0, 0.1) is 0 Å². The third-order valence-electron chi connectivity index (χ3n) is 9.97. The maximum absolute atomic E-state index is 6.47. The summed E-state index contributed by atoms with van der Waals surface area (Å²) < 4.78 is 8.75. The molecule has 48 heavy (non-hydrogen) atoms. The van der Waals surface area contributed by atoms with Gasteiger partial charge in [0.25, 0.3) is 0 Å². The van der Waals surface area contributed by atoms with Crippen LogP contribution < -0.4 is 0 Å². The van der Waals surface area contributed by atoms with Crippen LogP contribution in [-0.4, -0.2) is 14.5 Å². The molecule has 0 unspecified atom stereocenters. The fourth-order valence-electron chi connectivity index (χ4n) is 7.85. The van der Waals surface area contributed by atoms with E-state index < -0.39 is 0 Å². The summed E-state index contributed by atoms with van der Waals surface area (Å²) in [7, 11) is 0. The van der Waals surface area contributed by atoms with Crippen molar-refractivity contribution in [2.45, 2.75) is 0 Å². The summed E-state index contributed by atoms with van der Waals surface area (Å²) in [6.45, 7) is 0. The quantitative estimate of drug-likeness (QED) is 0.183. The van der Waals surface area contributed by atoms with Gasteiger partial charge in [0.2, 0.25) is 5.95 Å². The molecular weight excluding hydrogens is 587 g/mol. The van der Waals surface area contributed by atoms with E-state index in [-0.39, 0.29) is 0 Å². The Bertz CT molecular complexity index is 3120. The zero-order chi connectivity index (χ0) is 31.3. The Labute approximate surface area is 274 Å². The molecule has 0 amide bonds. The Morgan fingerprint density at radius 2 is 1.04 bits per heavy atom. The van der Waals surface area contributed by atoms with Gasteiger partial charge in [-0.25, -0.2) is 9.97 Å². The highest BCUT2D eigenvalue weighted by molar-refractivity contribution is 6.30. The third-order valence-corrected chi connectivity index (χ3v) is 9.97. The van der Waals surface area contributed by atoms with Crippen molar-refractivity contribution in [1.82, 2.24) is 14.5 Å². The highest BCUT2D eigenvalue weighted by Gasteiger charge is 2.23. The summed E-state index contributed by atoms with van der Waals surface area (Å²) in [4.78, 5) is 10.7. The van der Waals surface area contributed by atoms with Gasteiger partial charge in [0, 0.05) is 27.1 Å². The summed E-state index contributed by atoms with van der Waals surface area (Å²) >= 11 is 0. The molecular formula is C44H25N3O. The molecule has 0 radical (unpaired) electrons. The van der Waals surface area contributed by atoms with E-state index in [0.717, 1.165) is 44.2 Å². The summed E-state index contributed by atoms with van der Waals surface area (Å²) in [6, 6.07) is 53.7. The van der Waals surface area contributed by atoms with Crippen LogP contribution in [-0.2, 0) is 0 Å². The Hall–Kier alpha value is -6.52. The van der Waals surface area contributed by atoms with Gasteiger partial charge in [0.05, 0.1) is 11.0 Å². The maximum atomic E-state index is 6.47. The van der Waals surface area contributed by atoms with Gasteiger partial charge in [-0.3, -0.25) is 4.57 Å². The fraction of sp³-hybridized carbons (Fsp3) is 0. The first kappa shape index (κ1) is 25.6. The number of hydrogen-bond donors (Lipinski definition) is 0. The summed E-state index contributed by atoms with van der Waals surface area (Å²) in [5.74, 6) is 0.619. The number of rotatable bonds is 2. The van der Waals surface area contributed by atoms with Gasteiger partial charge < -0.3 is 4.42 Å². The predicted molar refractivity (Wildman–Crippen MR) is 199 cm³/mol. The summed E-state index contributed by atoms with van der Waals surface area (Å²) in [5, 5.41) is 13.1. The topological polar surface area (TPSA) is 43.9 Å². The molecule has 222 valence electrons. The van der Waals surface area contributed by atoms with E-state index in [2.05, 4.69) is 120 Å². The van der Waals surface area contributed by atoms with Crippen LogP contribution in [0.4, 0.5) is 0 Å². The second-order valence-corrected chi connectivity index (χ2v) is 12.5. The highest BCUT2D eigenvalue weighted by Crippen LogP contribution is 2.43. The molecule has 8 aromatic carbocycles. The lowest BCUT2D eigenvalue weighted by Crippen LogP contribution is -2.03. The Balaban J connectivity index is 1.37. The Morgan fingerprint density at radius 3 is 1.79 bits per heavy atom. The zero-order valence-electron chi connectivity index (χ0n) is 25.7. The molecule has 0 aliphatic carbocycles. The van der Waals surface area contributed by atoms with E-state index in [4.69, 9.17) is 14.4 Å². The van der Waals surface area contributed by atoms with Crippen LogP contribution in [0.5, 0.6) is 0 Å². The minimum atomic E-state index is 0.619. The lowest BCUT2D eigenvalue weighted by atomic mass is 9.93. The van der Waals surface area contributed by atoms with Crippen molar-refractivity contribution in [2.75, 3.05) is 0 Å². The van der Waals surface area contributed by atoms with Gasteiger partial charge in [0.1, 0.15) is 16.8 Å². The number of aromatic nitrogens is 3. The van der Waals surface area contributed by atoms with Crippen LogP contribution >= 0.6 is 0 Å². The standard InChI is InChI=1S/C44H25N3O/c1-2-13-27(14-3-1)40-43-41(34-20-10-11-21-39(34)48-43)46-44(45-40)47-38-25-36-32-19-9-7-17-30(32)29-16-6-8-18-31(29)35(36)24-37(38)33-23-22-26-12-4-5-15-28(26)42(33)47/h1-25H. The van der Waals surface area contributed by atoms with E-state index in [1.807, 2.05) is 36.4 Å². The molecule has 3 heterocycles. The fourth-order valence-corrected chi connectivity index (χ4v) is 7.85. The highest BCUT2D eigenvalue weighted by atomic mass is 16.3. The van der Waals surface area contributed by atoms with Crippen LogP contribution in [0.25, 0.3) is 104 Å². The molecule has 3 aromatic heterocycles. The van der Waals surface area contributed by atoms with Crippen molar-refractivity contribution in [3.05, 3.63) is 152 Å². The maximum Gasteiger partial charge on any atom is 0.236 e. The van der Waals surface area contributed by atoms with E-state index in [1.165, 1.54) is 48.5 Å². The Morgan fingerprint density at radius 1 is 0.438 bits per heavy atom. The molecule has 11 rings (SSSR count). The molecule has 0 fully saturated rings.